The summed E-state index contributed by atoms with van der Waals surface area (Å²) < 4.78 is 0. The molecular formula is C21H21N5O2. The van der Waals surface area contributed by atoms with E-state index in [1.165, 1.54) is 24.9 Å². The van der Waals surface area contributed by atoms with Crippen LogP contribution in [0.15, 0.2) is 60.9 Å². The van der Waals surface area contributed by atoms with Gasteiger partial charge in [0.25, 0.3) is 5.91 Å². The molecule has 0 aliphatic heterocycles. The van der Waals surface area contributed by atoms with Crippen LogP contribution in [0.1, 0.15) is 29.9 Å². The van der Waals surface area contributed by atoms with E-state index in [1.807, 2.05) is 18.2 Å². The van der Waals surface area contributed by atoms with Crippen molar-refractivity contribution in [2.24, 2.45) is 0 Å². The summed E-state index contributed by atoms with van der Waals surface area (Å²) in [6.07, 6.45) is 3.86. The van der Waals surface area contributed by atoms with Crippen LogP contribution in [0.2, 0.25) is 0 Å². The Hall–Kier alpha value is -3.74. The zero-order chi connectivity index (χ0) is 19.9. The third-order valence-corrected chi connectivity index (χ3v) is 4.01. The molecule has 2 amide bonds. The number of para-hydroxylation sites is 1. The summed E-state index contributed by atoms with van der Waals surface area (Å²) in [6, 6.07) is 14.8. The number of benzene rings is 2. The van der Waals surface area contributed by atoms with Gasteiger partial charge in [0.15, 0.2) is 0 Å². The van der Waals surface area contributed by atoms with Gasteiger partial charge in [-0.3, -0.25) is 9.59 Å². The first-order valence-electron chi connectivity index (χ1n) is 8.91. The third kappa shape index (κ3) is 4.91. The average molecular weight is 375 g/mol. The van der Waals surface area contributed by atoms with Crippen molar-refractivity contribution in [2.45, 2.75) is 20.3 Å². The Kier molecular flexibility index (Phi) is 5.96. The number of carbonyl (C=O) groups is 2. The maximum atomic E-state index is 12.3. The van der Waals surface area contributed by atoms with Crippen LogP contribution >= 0.6 is 0 Å². The number of aromatic nitrogens is 2. The lowest BCUT2D eigenvalue weighted by Gasteiger charge is -2.10. The second-order valence-electron chi connectivity index (χ2n) is 6.14. The Bertz CT molecular complexity index is 969. The number of hydrogen-bond acceptors (Lipinski definition) is 5. The smallest absolute Gasteiger partial charge is 0.275 e. The average Bonchev–Trinajstić information content (AvgIpc) is 2.70. The number of anilines is 4. The molecule has 7 heteroatoms. The molecule has 28 heavy (non-hydrogen) atoms. The topological polar surface area (TPSA) is 96.0 Å². The van der Waals surface area contributed by atoms with Crippen molar-refractivity contribution in [3.63, 3.8) is 0 Å². The summed E-state index contributed by atoms with van der Waals surface area (Å²) >= 11 is 0. The summed E-state index contributed by atoms with van der Waals surface area (Å²) in [6.45, 7) is 3.52. The van der Waals surface area contributed by atoms with Crippen molar-refractivity contribution in [1.29, 1.82) is 0 Å². The molecule has 3 aromatic rings. The van der Waals surface area contributed by atoms with Gasteiger partial charge in [-0.1, -0.05) is 25.1 Å². The number of nitrogens with one attached hydrogen (secondary N) is 3. The van der Waals surface area contributed by atoms with Gasteiger partial charge in [0.05, 0.1) is 12.4 Å². The summed E-state index contributed by atoms with van der Waals surface area (Å²) in [5.74, 6) is 0.0553. The lowest BCUT2D eigenvalue weighted by molar-refractivity contribution is -0.114. The zero-order valence-electron chi connectivity index (χ0n) is 15.7. The van der Waals surface area contributed by atoms with Gasteiger partial charge < -0.3 is 16.0 Å². The van der Waals surface area contributed by atoms with Crippen molar-refractivity contribution in [3.8, 4) is 0 Å². The van der Waals surface area contributed by atoms with Crippen LogP contribution < -0.4 is 16.0 Å². The first-order chi connectivity index (χ1) is 13.5. The molecule has 0 unspecified atom stereocenters. The molecule has 1 aromatic heterocycles. The predicted octanol–water partition coefficient (Wildman–Crippen LogP) is 3.99. The molecule has 0 aliphatic carbocycles. The molecule has 142 valence electrons. The number of nitrogens with zero attached hydrogens (tertiary/aromatic N) is 2. The van der Waals surface area contributed by atoms with Crippen LogP contribution in [-0.4, -0.2) is 21.8 Å². The molecule has 3 N–H and O–H groups in total. The zero-order valence-corrected chi connectivity index (χ0v) is 15.7. The third-order valence-electron chi connectivity index (χ3n) is 4.01. The molecule has 0 saturated heterocycles. The molecule has 3 rings (SSSR count). The Morgan fingerprint density at radius 3 is 2.18 bits per heavy atom. The van der Waals surface area contributed by atoms with Gasteiger partial charge >= 0.3 is 0 Å². The number of aryl methyl sites for hydroxylation is 1. The number of hydrogen-bond donors (Lipinski definition) is 3. The highest BCUT2D eigenvalue weighted by Crippen LogP contribution is 2.19. The predicted molar refractivity (Wildman–Crippen MR) is 110 cm³/mol. The van der Waals surface area contributed by atoms with E-state index in [0.717, 1.165) is 12.1 Å². The maximum absolute atomic E-state index is 12.3. The van der Waals surface area contributed by atoms with E-state index >= 15 is 0 Å². The summed E-state index contributed by atoms with van der Waals surface area (Å²) in [5.41, 5.74) is 3.61. The fourth-order valence-electron chi connectivity index (χ4n) is 2.63. The first-order valence-corrected chi connectivity index (χ1v) is 8.91. The monoisotopic (exact) mass is 375 g/mol. The number of carbonyl (C=O) groups excluding carboxylic acids is 2. The van der Waals surface area contributed by atoms with E-state index < -0.39 is 0 Å². The molecule has 0 atom stereocenters. The van der Waals surface area contributed by atoms with E-state index in [2.05, 4.69) is 38.9 Å². The highest BCUT2D eigenvalue weighted by atomic mass is 16.2. The fourth-order valence-corrected chi connectivity index (χ4v) is 2.63. The standard InChI is InChI=1S/C21H21N5O2/c1-3-15-6-4-5-7-18(15)26-20-13-22-19(12-23-20)21(28)25-17-10-8-16(9-11-17)24-14(2)27/h4-13H,3H2,1-2H3,(H,23,26)(H,24,27)(H,25,28). The molecule has 0 aliphatic rings. The number of amides is 2. The Labute approximate surface area is 163 Å². The van der Waals surface area contributed by atoms with Gasteiger partial charge in [-0.25, -0.2) is 9.97 Å². The maximum Gasteiger partial charge on any atom is 0.275 e. The van der Waals surface area contributed by atoms with Gasteiger partial charge in [0, 0.05) is 24.0 Å². The molecule has 0 radical (unpaired) electrons. The summed E-state index contributed by atoms with van der Waals surface area (Å²) in [5, 5.41) is 8.64. The Morgan fingerprint density at radius 2 is 1.57 bits per heavy atom. The highest BCUT2D eigenvalue weighted by Gasteiger charge is 2.09. The van der Waals surface area contributed by atoms with Crippen LogP contribution in [0, 0.1) is 0 Å². The molecule has 2 aromatic carbocycles. The van der Waals surface area contributed by atoms with Crippen LogP contribution in [0.25, 0.3) is 0 Å². The van der Waals surface area contributed by atoms with Crippen molar-refractivity contribution < 1.29 is 9.59 Å². The number of rotatable bonds is 6. The van der Waals surface area contributed by atoms with Gasteiger partial charge in [0.2, 0.25) is 5.91 Å². The van der Waals surface area contributed by atoms with Crippen molar-refractivity contribution in [3.05, 3.63) is 72.2 Å². The molecule has 1 heterocycles. The van der Waals surface area contributed by atoms with Crippen LogP contribution in [0.5, 0.6) is 0 Å². The van der Waals surface area contributed by atoms with Crippen molar-refractivity contribution in [2.75, 3.05) is 16.0 Å². The fraction of sp³-hybridized carbons (Fsp3) is 0.143. The lowest BCUT2D eigenvalue weighted by Crippen LogP contribution is -2.14. The van der Waals surface area contributed by atoms with Crippen LogP contribution in [0.4, 0.5) is 22.9 Å². The van der Waals surface area contributed by atoms with E-state index in [0.29, 0.717) is 17.2 Å². The second kappa shape index (κ2) is 8.77. The first kappa shape index (κ1) is 19.0. The van der Waals surface area contributed by atoms with E-state index in [4.69, 9.17) is 0 Å². The minimum atomic E-state index is -0.361. The minimum Gasteiger partial charge on any atom is -0.339 e. The largest absolute Gasteiger partial charge is 0.339 e. The van der Waals surface area contributed by atoms with Gasteiger partial charge in [-0.15, -0.1) is 0 Å². The quantitative estimate of drug-likeness (QED) is 0.605. The minimum absolute atomic E-state index is 0.151. The van der Waals surface area contributed by atoms with Crippen molar-refractivity contribution in [1.82, 2.24) is 9.97 Å². The molecular weight excluding hydrogens is 354 g/mol. The molecule has 0 fully saturated rings. The Balaban J connectivity index is 1.64. The van der Waals surface area contributed by atoms with Gasteiger partial charge in [-0.2, -0.15) is 0 Å². The highest BCUT2D eigenvalue weighted by molar-refractivity contribution is 6.02. The summed E-state index contributed by atoms with van der Waals surface area (Å²) in [4.78, 5) is 31.8. The Morgan fingerprint density at radius 1 is 0.893 bits per heavy atom. The molecule has 0 saturated carbocycles. The van der Waals surface area contributed by atoms with Gasteiger partial charge in [-0.05, 0) is 42.3 Å². The summed E-state index contributed by atoms with van der Waals surface area (Å²) in [7, 11) is 0. The second-order valence-corrected chi connectivity index (χ2v) is 6.14. The molecule has 0 spiro atoms. The van der Waals surface area contributed by atoms with E-state index in [9.17, 15) is 9.59 Å². The van der Waals surface area contributed by atoms with Crippen molar-refractivity contribution >= 4 is 34.7 Å². The van der Waals surface area contributed by atoms with E-state index in [1.54, 1.807) is 24.3 Å². The van der Waals surface area contributed by atoms with Crippen LogP contribution in [0.3, 0.4) is 0 Å². The SMILES string of the molecule is CCc1ccccc1Nc1cnc(C(=O)Nc2ccc(NC(C)=O)cc2)cn1. The molecule has 0 bridgehead atoms. The van der Waals surface area contributed by atoms with Gasteiger partial charge in [0.1, 0.15) is 11.5 Å². The normalized spacial score (nSPS) is 10.2. The lowest BCUT2D eigenvalue weighted by atomic mass is 10.1. The van der Waals surface area contributed by atoms with Crippen LogP contribution in [-0.2, 0) is 11.2 Å². The molecule has 7 nitrogen and oxygen atoms in total. The van der Waals surface area contributed by atoms with E-state index in [-0.39, 0.29) is 17.5 Å².